The van der Waals surface area contributed by atoms with Crippen molar-refractivity contribution >= 4 is 5.95 Å². The summed E-state index contributed by atoms with van der Waals surface area (Å²) in [6.45, 7) is 0. The minimum Gasteiger partial charge on any atom is -0.497 e. The van der Waals surface area contributed by atoms with Gasteiger partial charge in [0.25, 0.3) is 0 Å². The highest BCUT2D eigenvalue weighted by Gasteiger charge is 2.31. The SMILES string of the molecule is COc1ccc([C@H]2C[C@H](c3cc(OC)c(OC)c(OC)c3)n3ncnc3N2)cc1. The maximum Gasteiger partial charge on any atom is 0.222 e. The molecule has 4 rings (SSSR count). The van der Waals surface area contributed by atoms with Crippen LogP contribution in [0.15, 0.2) is 42.7 Å². The molecule has 0 amide bonds. The Balaban J connectivity index is 1.75. The van der Waals surface area contributed by atoms with Crippen LogP contribution >= 0.6 is 0 Å². The van der Waals surface area contributed by atoms with Crippen molar-refractivity contribution in [3.63, 3.8) is 0 Å². The van der Waals surface area contributed by atoms with E-state index in [4.69, 9.17) is 18.9 Å². The van der Waals surface area contributed by atoms with E-state index in [-0.39, 0.29) is 12.1 Å². The van der Waals surface area contributed by atoms with E-state index in [9.17, 15) is 0 Å². The molecule has 1 aliphatic rings. The number of methoxy groups -OCH3 is 4. The van der Waals surface area contributed by atoms with Gasteiger partial charge in [0.2, 0.25) is 11.7 Å². The first-order chi connectivity index (χ1) is 14.2. The van der Waals surface area contributed by atoms with Gasteiger partial charge in [-0.25, -0.2) is 4.68 Å². The van der Waals surface area contributed by atoms with E-state index >= 15 is 0 Å². The first-order valence-electron chi connectivity index (χ1n) is 9.28. The molecule has 0 saturated heterocycles. The fourth-order valence-corrected chi connectivity index (χ4v) is 3.75. The topological polar surface area (TPSA) is 79.7 Å². The Labute approximate surface area is 169 Å². The van der Waals surface area contributed by atoms with Crippen LogP contribution in [-0.4, -0.2) is 43.2 Å². The number of rotatable bonds is 6. The third kappa shape index (κ3) is 3.41. The van der Waals surface area contributed by atoms with Crippen molar-refractivity contribution in [2.45, 2.75) is 18.5 Å². The molecule has 0 bridgehead atoms. The number of benzene rings is 2. The van der Waals surface area contributed by atoms with Gasteiger partial charge in [-0.05, 0) is 41.8 Å². The van der Waals surface area contributed by atoms with Gasteiger partial charge in [-0.3, -0.25) is 0 Å². The number of ether oxygens (including phenoxy) is 4. The van der Waals surface area contributed by atoms with Gasteiger partial charge in [-0.15, -0.1) is 0 Å². The molecule has 0 unspecified atom stereocenters. The molecule has 3 aromatic rings. The number of nitrogens with one attached hydrogen (secondary N) is 1. The summed E-state index contributed by atoms with van der Waals surface area (Å²) in [7, 11) is 6.49. The Bertz CT molecular complexity index is 962. The van der Waals surface area contributed by atoms with Crippen LogP contribution in [0.4, 0.5) is 5.95 Å². The highest BCUT2D eigenvalue weighted by atomic mass is 16.5. The van der Waals surface area contributed by atoms with Crippen molar-refractivity contribution < 1.29 is 18.9 Å². The second-order valence-electron chi connectivity index (χ2n) is 6.71. The molecule has 2 heterocycles. The highest BCUT2D eigenvalue weighted by Crippen LogP contribution is 2.44. The van der Waals surface area contributed by atoms with Gasteiger partial charge in [0.15, 0.2) is 11.5 Å². The second-order valence-corrected chi connectivity index (χ2v) is 6.71. The van der Waals surface area contributed by atoms with Crippen LogP contribution < -0.4 is 24.3 Å². The van der Waals surface area contributed by atoms with Gasteiger partial charge >= 0.3 is 0 Å². The molecule has 1 N–H and O–H groups in total. The molecule has 8 nitrogen and oxygen atoms in total. The molecule has 29 heavy (non-hydrogen) atoms. The Morgan fingerprint density at radius 2 is 1.59 bits per heavy atom. The lowest BCUT2D eigenvalue weighted by atomic mass is 9.93. The molecule has 2 aromatic carbocycles. The van der Waals surface area contributed by atoms with E-state index in [1.54, 1.807) is 34.8 Å². The molecule has 8 heteroatoms. The third-order valence-electron chi connectivity index (χ3n) is 5.22. The van der Waals surface area contributed by atoms with E-state index in [0.717, 1.165) is 29.2 Å². The minimum absolute atomic E-state index is 0.0467. The van der Waals surface area contributed by atoms with E-state index < -0.39 is 0 Å². The van der Waals surface area contributed by atoms with Crippen molar-refractivity contribution in [1.82, 2.24) is 14.8 Å². The molecule has 0 fully saturated rings. The number of anilines is 1. The zero-order valence-electron chi connectivity index (χ0n) is 16.9. The summed E-state index contributed by atoms with van der Waals surface area (Å²) in [4.78, 5) is 4.39. The highest BCUT2D eigenvalue weighted by molar-refractivity contribution is 5.55. The molecule has 2 atom stereocenters. The van der Waals surface area contributed by atoms with E-state index in [2.05, 4.69) is 27.5 Å². The smallest absolute Gasteiger partial charge is 0.222 e. The van der Waals surface area contributed by atoms with Gasteiger partial charge in [-0.2, -0.15) is 10.1 Å². The lowest BCUT2D eigenvalue weighted by Gasteiger charge is -2.32. The number of fused-ring (bicyclic) bond motifs is 1. The molecule has 0 aliphatic carbocycles. The van der Waals surface area contributed by atoms with Crippen molar-refractivity contribution in [2.75, 3.05) is 33.8 Å². The van der Waals surface area contributed by atoms with Crippen LogP contribution in [0.2, 0.25) is 0 Å². The normalized spacial score (nSPS) is 17.8. The predicted molar refractivity (Wildman–Crippen MR) is 108 cm³/mol. The number of nitrogens with zero attached hydrogens (tertiary/aromatic N) is 3. The second kappa shape index (κ2) is 7.90. The summed E-state index contributed by atoms with van der Waals surface area (Å²) in [5.41, 5.74) is 2.16. The average Bonchev–Trinajstić information content (AvgIpc) is 3.26. The molecule has 0 saturated carbocycles. The number of hydrogen-bond donors (Lipinski definition) is 1. The minimum atomic E-state index is -0.0467. The quantitative estimate of drug-likeness (QED) is 0.683. The van der Waals surface area contributed by atoms with Crippen molar-refractivity contribution in [2.24, 2.45) is 0 Å². The summed E-state index contributed by atoms with van der Waals surface area (Å²) in [5, 5.41) is 7.91. The third-order valence-corrected chi connectivity index (χ3v) is 5.22. The fraction of sp³-hybridized carbons (Fsp3) is 0.333. The van der Waals surface area contributed by atoms with Crippen LogP contribution in [-0.2, 0) is 0 Å². The fourth-order valence-electron chi connectivity index (χ4n) is 3.75. The average molecular weight is 396 g/mol. The van der Waals surface area contributed by atoms with Gasteiger partial charge in [0, 0.05) is 0 Å². The number of hydrogen-bond acceptors (Lipinski definition) is 7. The van der Waals surface area contributed by atoms with E-state index in [0.29, 0.717) is 17.2 Å². The summed E-state index contributed by atoms with van der Waals surface area (Å²) >= 11 is 0. The zero-order valence-corrected chi connectivity index (χ0v) is 16.9. The first kappa shape index (κ1) is 18.9. The lowest BCUT2D eigenvalue weighted by molar-refractivity contribution is 0.322. The van der Waals surface area contributed by atoms with E-state index in [1.807, 2.05) is 28.9 Å². The van der Waals surface area contributed by atoms with Crippen molar-refractivity contribution in [3.05, 3.63) is 53.9 Å². The van der Waals surface area contributed by atoms with Crippen LogP contribution in [0.1, 0.15) is 29.6 Å². The maximum atomic E-state index is 5.54. The Morgan fingerprint density at radius 3 is 2.17 bits per heavy atom. The van der Waals surface area contributed by atoms with Gasteiger partial charge < -0.3 is 24.3 Å². The predicted octanol–water partition coefficient (Wildman–Crippen LogP) is 3.46. The van der Waals surface area contributed by atoms with Crippen molar-refractivity contribution in [3.8, 4) is 23.0 Å². The van der Waals surface area contributed by atoms with Crippen LogP contribution in [0.5, 0.6) is 23.0 Å². The Hall–Kier alpha value is -3.42. The molecule has 0 spiro atoms. The monoisotopic (exact) mass is 396 g/mol. The number of aromatic nitrogens is 3. The zero-order chi connectivity index (χ0) is 20.4. The van der Waals surface area contributed by atoms with Crippen LogP contribution in [0.3, 0.4) is 0 Å². The molecule has 152 valence electrons. The van der Waals surface area contributed by atoms with Gasteiger partial charge in [0.05, 0.1) is 40.5 Å². The van der Waals surface area contributed by atoms with Crippen LogP contribution in [0.25, 0.3) is 0 Å². The summed E-state index contributed by atoms with van der Waals surface area (Å²) in [5.74, 6) is 3.34. The summed E-state index contributed by atoms with van der Waals surface area (Å²) in [6.07, 6.45) is 2.34. The molecule has 1 aromatic heterocycles. The molecular formula is C21H24N4O4. The summed E-state index contributed by atoms with van der Waals surface area (Å²) < 4.78 is 23.7. The summed E-state index contributed by atoms with van der Waals surface area (Å²) in [6, 6.07) is 12.0. The van der Waals surface area contributed by atoms with Crippen LogP contribution in [0, 0.1) is 0 Å². The Kier molecular flexibility index (Phi) is 5.16. The van der Waals surface area contributed by atoms with Gasteiger partial charge in [0.1, 0.15) is 12.1 Å². The molecule has 1 aliphatic heterocycles. The standard InChI is InChI=1S/C21H24N4O4/c1-26-15-7-5-13(6-8-15)16-11-17(25-21(24-16)22-12-23-25)14-9-18(27-2)20(29-4)19(10-14)28-3/h5-10,12,16-17H,11H2,1-4H3,(H,22,23,24)/t16-,17-/m1/s1. The lowest BCUT2D eigenvalue weighted by Crippen LogP contribution is -2.28. The Morgan fingerprint density at radius 1 is 0.897 bits per heavy atom. The largest absolute Gasteiger partial charge is 0.497 e. The molecular weight excluding hydrogens is 372 g/mol. The maximum absolute atomic E-state index is 5.54. The molecule has 0 radical (unpaired) electrons. The van der Waals surface area contributed by atoms with Gasteiger partial charge in [-0.1, -0.05) is 12.1 Å². The first-order valence-corrected chi connectivity index (χ1v) is 9.28. The van der Waals surface area contributed by atoms with Crippen molar-refractivity contribution in [1.29, 1.82) is 0 Å². The van der Waals surface area contributed by atoms with E-state index in [1.165, 1.54) is 0 Å².